The summed E-state index contributed by atoms with van der Waals surface area (Å²) >= 11 is -0.583. The van der Waals surface area contributed by atoms with Crippen molar-refractivity contribution in [1.29, 1.82) is 0 Å². The van der Waals surface area contributed by atoms with E-state index in [4.69, 9.17) is 0 Å². The molecule has 4 heteroatoms. The van der Waals surface area contributed by atoms with Gasteiger partial charge in [0, 0.05) is 19.5 Å². The van der Waals surface area contributed by atoms with E-state index in [0.29, 0.717) is 0 Å². The van der Waals surface area contributed by atoms with Crippen molar-refractivity contribution in [1.82, 2.24) is 0 Å². The fourth-order valence-electron chi connectivity index (χ4n) is 0. The minimum Gasteiger partial charge on any atom is 0 e. The van der Waals surface area contributed by atoms with Crippen LogP contribution in [0.4, 0.5) is 0 Å². The van der Waals surface area contributed by atoms with Gasteiger partial charge in [0.15, 0.2) is 0 Å². The molecule has 0 aromatic heterocycles. The zero-order valence-electron chi connectivity index (χ0n) is 1.93. The van der Waals surface area contributed by atoms with Crippen molar-refractivity contribution in [3.63, 3.8) is 0 Å². The van der Waals surface area contributed by atoms with Gasteiger partial charge in [-0.25, -0.2) is 0 Å². The second kappa shape index (κ2) is 8.83. The van der Waals surface area contributed by atoms with E-state index < -0.39 is 14.9 Å². The maximum absolute atomic E-state index is 4.38. The number of hydrogen-bond donors (Lipinski definition) is 0. The molecule has 0 heterocycles. The first-order valence-corrected chi connectivity index (χ1v) is 8.19. The molecule has 0 aromatic carbocycles. The fourth-order valence-corrected chi connectivity index (χ4v) is 0. The first-order valence-electron chi connectivity index (χ1n) is 0.333. The molecule has 0 rings (SSSR count). The minimum atomic E-state index is -0.583. The Hall–Kier alpha value is 1.75. The van der Waals surface area contributed by atoms with E-state index in [-0.39, 0.29) is 19.5 Å². The molecule has 0 bridgehead atoms. The Labute approximate surface area is 53.5 Å². The summed E-state index contributed by atoms with van der Waals surface area (Å²) in [6, 6.07) is 0. The van der Waals surface area contributed by atoms with E-state index in [0.717, 1.165) is 0 Å². The van der Waals surface area contributed by atoms with Gasteiger partial charge >= 0.3 is 34.6 Å². The van der Waals surface area contributed by atoms with E-state index in [9.17, 15) is 0 Å². The van der Waals surface area contributed by atoms with Crippen LogP contribution in [0.2, 0.25) is 0 Å². The minimum absolute atomic E-state index is 0. The van der Waals surface area contributed by atoms with Gasteiger partial charge in [0.2, 0.25) is 0 Å². The third-order valence-electron chi connectivity index (χ3n) is 0. The predicted molar refractivity (Wildman–Crippen MR) is 15.2 cm³/mol. The maximum atomic E-state index is 4.38. The monoisotopic (exact) mass is 312 g/mol. The standard InChI is InChI=1S/2S.W.Zn. The molecule has 0 saturated carbocycles. The smallest absolute Gasteiger partial charge is 0 e. The van der Waals surface area contributed by atoms with Crippen molar-refractivity contribution in [2.45, 2.75) is 0 Å². The van der Waals surface area contributed by atoms with Gasteiger partial charge in [0.05, 0.1) is 0 Å². The Morgan fingerprint density at radius 3 is 1.25 bits per heavy atom. The molecule has 0 nitrogen and oxygen atoms in total. The van der Waals surface area contributed by atoms with Crippen molar-refractivity contribution in [3.05, 3.63) is 0 Å². The van der Waals surface area contributed by atoms with Gasteiger partial charge in [-0.2, -0.15) is 0 Å². The van der Waals surface area contributed by atoms with Gasteiger partial charge < -0.3 is 0 Å². The molecule has 0 aliphatic heterocycles. The van der Waals surface area contributed by atoms with E-state index in [1.54, 1.807) is 0 Å². The molecule has 0 aliphatic carbocycles. The molecular formula is S2WZn. The second-order valence-electron chi connectivity index (χ2n) is 0.0680. The van der Waals surface area contributed by atoms with Gasteiger partial charge in [-0.15, -0.1) is 0 Å². The van der Waals surface area contributed by atoms with Gasteiger partial charge in [0.25, 0.3) is 0 Å². The van der Waals surface area contributed by atoms with E-state index in [1.165, 1.54) is 0 Å². The van der Waals surface area contributed by atoms with Gasteiger partial charge in [-0.05, 0) is 0 Å². The zero-order chi connectivity index (χ0) is 2.71. The second-order valence-corrected chi connectivity index (χ2v) is 5.01. The van der Waals surface area contributed by atoms with Gasteiger partial charge in [0.1, 0.15) is 0 Å². The topological polar surface area (TPSA) is 0 Å². The Morgan fingerprint density at radius 2 is 1.25 bits per heavy atom. The van der Waals surface area contributed by atoms with Gasteiger partial charge in [-0.1, -0.05) is 0 Å². The third kappa shape index (κ3) is 9.26. The van der Waals surface area contributed by atoms with Gasteiger partial charge in [-0.3, -0.25) is 0 Å². The first-order chi connectivity index (χ1) is 1.41. The molecule has 0 aromatic rings. The number of hydrogen-bond acceptors (Lipinski definition) is 2. The van der Waals surface area contributed by atoms with Crippen molar-refractivity contribution in [3.8, 4) is 0 Å². The van der Waals surface area contributed by atoms with Crippen molar-refractivity contribution >= 4 is 19.6 Å². The molecule has 0 saturated heterocycles. The molecular weight excluding hydrogens is 313 g/mol. The quantitative estimate of drug-likeness (QED) is 0.618. The largest absolute Gasteiger partial charge is 0 e. The summed E-state index contributed by atoms with van der Waals surface area (Å²) in [6.45, 7) is 0. The van der Waals surface area contributed by atoms with Crippen LogP contribution in [0, 0.1) is 0 Å². The van der Waals surface area contributed by atoms with Crippen LogP contribution in [-0.2, 0) is 34.4 Å². The van der Waals surface area contributed by atoms with Crippen LogP contribution >= 0.6 is 19.6 Å². The van der Waals surface area contributed by atoms with Crippen LogP contribution < -0.4 is 0 Å². The Bertz CT molecular complexity index is 27.0. The Morgan fingerprint density at radius 1 is 1.25 bits per heavy atom. The molecule has 0 radical (unpaired) electrons. The summed E-state index contributed by atoms with van der Waals surface area (Å²) in [5, 5.41) is 0. The first kappa shape index (κ1) is 9.23. The Kier molecular flexibility index (Phi) is 20.4. The van der Waals surface area contributed by atoms with Crippen molar-refractivity contribution in [2.75, 3.05) is 0 Å². The Balaban J connectivity index is 0. The van der Waals surface area contributed by atoms with E-state index in [2.05, 4.69) is 19.6 Å². The average Bonchev–Trinajstić information content (AvgIpc) is 0.918. The van der Waals surface area contributed by atoms with Crippen LogP contribution in [0.5, 0.6) is 0 Å². The molecule has 0 unspecified atom stereocenters. The average molecular weight is 313 g/mol. The van der Waals surface area contributed by atoms with E-state index in [1.807, 2.05) is 0 Å². The van der Waals surface area contributed by atoms with Crippen LogP contribution in [0.1, 0.15) is 0 Å². The summed E-state index contributed by atoms with van der Waals surface area (Å²) in [5.41, 5.74) is 0. The zero-order valence-corrected chi connectivity index (χ0v) is 9.47. The molecule has 4 heavy (non-hydrogen) atoms. The maximum Gasteiger partial charge on any atom is 0 e. The molecule has 20 valence electrons. The molecule has 0 atom stereocenters. The molecule has 0 N–H and O–H groups in total. The summed E-state index contributed by atoms with van der Waals surface area (Å²) < 4.78 is 0. The third-order valence-corrected chi connectivity index (χ3v) is 0. The predicted octanol–water partition coefficient (Wildman–Crippen LogP) is 1.29. The number of rotatable bonds is 0. The normalized spacial score (nSPS) is 3.00. The molecule has 0 amide bonds. The fraction of sp³-hybridized carbons (Fsp3) is 0. The van der Waals surface area contributed by atoms with Crippen molar-refractivity contribution in [2.24, 2.45) is 0 Å². The van der Waals surface area contributed by atoms with Crippen molar-refractivity contribution < 1.29 is 34.4 Å². The summed E-state index contributed by atoms with van der Waals surface area (Å²) in [7, 11) is 8.75. The summed E-state index contributed by atoms with van der Waals surface area (Å²) in [6.07, 6.45) is 0. The summed E-state index contributed by atoms with van der Waals surface area (Å²) in [4.78, 5) is 0. The van der Waals surface area contributed by atoms with Crippen LogP contribution in [0.15, 0.2) is 0 Å². The van der Waals surface area contributed by atoms with Crippen LogP contribution in [0.3, 0.4) is 0 Å². The molecule has 0 aliphatic rings. The summed E-state index contributed by atoms with van der Waals surface area (Å²) in [5.74, 6) is 0. The van der Waals surface area contributed by atoms with Crippen LogP contribution in [-0.4, -0.2) is 0 Å². The SMILES string of the molecule is [S]=[W]=[S].[Zn]. The molecule has 0 spiro atoms. The van der Waals surface area contributed by atoms with Crippen LogP contribution in [0.25, 0.3) is 0 Å². The molecule has 0 fully saturated rings. The van der Waals surface area contributed by atoms with E-state index >= 15 is 0 Å².